The Morgan fingerprint density at radius 3 is 2.76 bits per heavy atom. The Hall–Kier alpha value is -1.75. The van der Waals surface area contributed by atoms with Gasteiger partial charge < -0.3 is 14.8 Å². The Kier molecular flexibility index (Phi) is 4.73. The molecular formula is C11H15N3O6S. The molecule has 1 heterocycles. The van der Waals surface area contributed by atoms with E-state index >= 15 is 0 Å². The molecule has 1 aromatic carbocycles. The maximum atomic E-state index is 11.2. The predicted octanol–water partition coefficient (Wildman–Crippen LogP) is 0.0695. The minimum atomic E-state index is -3.99. The van der Waals surface area contributed by atoms with E-state index < -0.39 is 14.9 Å². The summed E-state index contributed by atoms with van der Waals surface area (Å²) < 4.78 is 33.1. The molecule has 10 heteroatoms. The van der Waals surface area contributed by atoms with E-state index in [0.29, 0.717) is 26.4 Å². The minimum Gasteiger partial charge on any atom is -0.377 e. The fourth-order valence-electron chi connectivity index (χ4n) is 1.87. The van der Waals surface area contributed by atoms with Gasteiger partial charge in [-0.2, -0.15) is 0 Å². The molecule has 21 heavy (non-hydrogen) atoms. The molecule has 116 valence electrons. The van der Waals surface area contributed by atoms with Crippen LogP contribution in [0.15, 0.2) is 23.1 Å². The average molecular weight is 317 g/mol. The molecule has 0 spiro atoms. The SMILES string of the molecule is NS(=O)(=O)c1ccc(NCC2COCCO2)c([N+](=O)[O-])c1. The van der Waals surface area contributed by atoms with Crippen molar-refractivity contribution in [2.75, 3.05) is 31.7 Å². The molecule has 3 N–H and O–H groups in total. The number of ether oxygens (including phenoxy) is 2. The van der Waals surface area contributed by atoms with Crippen molar-refractivity contribution < 1.29 is 22.8 Å². The average Bonchev–Trinajstić information content (AvgIpc) is 2.45. The number of rotatable bonds is 5. The Labute approximate surface area is 121 Å². The summed E-state index contributed by atoms with van der Waals surface area (Å²) >= 11 is 0. The first-order chi connectivity index (χ1) is 9.88. The summed E-state index contributed by atoms with van der Waals surface area (Å²) in [6.45, 7) is 1.71. The lowest BCUT2D eigenvalue weighted by atomic mass is 10.2. The number of benzene rings is 1. The predicted molar refractivity (Wildman–Crippen MR) is 73.5 cm³/mol. The molecule has 1 aliphatic heterocycles. The Balaban J connectivity index is 2.16. The van der Waals surface area contributed by atoms with Crippen molar-refractivity contribution in [2.24, 2.45) is 5.14 Å². The quantitative estimate of drug-likeness (QED) is 0.579. The highest BCUT2D eigenvalue weighted by Gasteiger charge is 2.20. The Bertz CT molecular complexity index is 627. The number of anilines is 1. The van der Waals surface area contributed by atoms with E-state index in [1.165, 1.54) is 12.1 Å². The van der Waals surface area contributed by atoms with Crippen LogP contribution in [-0.4, -0.2) is 45.8 Å². The van der Waals surface area contributed by atoms with Crippen LogP contribution in [0.3, 0.4) is 0 Å². The van der Waals surface area contributed by atoms with Crippen LogP contribution in [-0.2, 0) is 19.5 Å². The summed E-state index contributed by atoms with van der Waals surface area (Å²) in [5, 5.41) is 18.8. The van der Waals surface area contributed by atoms with Gasteiger partial charge in [0.15, 0.2) is 0 Å². The fraction of sp³-hybridized carbons (Fsp3) is 0.455. The van der Waals surface area contributed by atoms with Gasteiger partial charge in [0, 0.05) is 12.6 Å². The van der Waals surface area contributed by atoms with E-state index in [4.69, 9.17) is 14.6 Å². The van der Waals surface area contributed by atoms with E-state index in [1.807, 2.05) is 0 Å². The van der Waals surface area contributed by atoms with Gasteiger partial charge in [0.25, 0.3) is 5.69 Å². The lowest BCUT2D eigenvalue weighted by Gasteiger charge is -2.23. The highest BCUT2D eigenvalue weighted by Crippen LogP contribution is 2.27. The largest absolute Gasteiger partial charge is 0.377 e. The lowest BCUT2D eigenvalue weighted by molar-refractivity contribution is -0.384. The monoisotopic (exact) mass is 317 g/mol. The second-order valence-corrected chi connectivity index (χ2v) is 5.99. The molecule has 1 unspecified atom stereocenters. The maximum Gasteiger partial charge on any atom is 0.293 e. The summed E-state index contributed by atoms with van der Waals surface area (Å²) in [7, 11) is -3.99. The first-order valence-electron chi connectivity index (χ1n) is 6.12. The molecule has 2 rings (SSSR count). The fourth-order valence-corrected chi connectivity index (χ4v) is 2.40. The third kappa shape index (κ3) is 4.11. The number of nitro groups is 1. The molecule has 1 saturated heterocycles. The van der Waals surface area contributed by atoms with Gasteiger partial charge in [0.2, 0.25) is 10.0 Å². The molecule has 1 aromatic rings. The first-order valence-corrected chi connectivity index (χ1v) is 7.67. The molecular weight excluding hydrogens is 302 g/mol. The van der Waals surface area contributed by atoms with Crippen LogP contribution < -0.4 is 10.5 Å². The minimum absolute atomic E-state index is 0.196. The highest BCUT2D eigenvalue weighted by molar-refractivity contribution is 7.89. The standard InChI is InChI=1S/C11H15N3O6S/c12-21(17,18)9-1-2-10(11(5-9)14(15)16)13-6-8-7-19-3-4-20-8/h1-2,5,8,13H,3-4,6-7H2,(H2,12,17,18). The van der Waals surface area contributed by atoms with Crippen LogP contribution in [0.1, 0.15) is 0 Å². The summed E-state index contributed by atoms with van der Waals surface area (Å²) in [5.41, 5.74) is -0.167. The normalized spacial score (nSPS) is 19.2. The van der Waals surface area contributed by atoms with Gasteiger partial charge in [0.1, 0.15) is 5.69 Å². The highest BCUT2D eigenvalue weighted by atomic mass is 32.2. The molecule has 0 bridgehead atoms. The topological polar surface area (TPSA) is 134 Å². The Morgan fingerprint density at radius 1 is 1.43 bits per heavy atom. The van der Waals surface area contributed by atoms with Crippen molar-refractivity contribution in [3.8, 4) is 0 Å². The summed E-state index contributed by atoms with van der Waals surface area (Å²) in [5.74, 6) is 0. The van der Waals surface area contributed by atoms with E-state index in [9.17, 15) is 18.5 Å². The second-order valence-electron chi connectivity index (χ2n) is 4.43. The number of hydrogen-bond donors (Lipinski definition) is 2. The Morgan fingerprint density at radius 2 is 2.19 bits per heavy atom. The lowest BCUT2D eigenvalue weighted by Crippen LogP contribution is -2.34. The molecule has 1 aliphatic rings. The number of nitrogens with two attached hydrogens (primary N) is 1. The van der Waals surface area contributed by atoms with Crippen molar-refractivity contribution in [2.45, 2.75) is 11.0 Å². The number of nitrogens with one attached hydrogen (secondary N) is 1. The van der Waals surface area contributed by atoms with Gasteiger partial charge in [-0.25, -0.2) is 13.6 Å². The van der Waals surface area contributed by atoms with Crippen molar-refractivity contribution in [3.05, 3.63) is 28.3 Å². The number of hydrogen-bond acceptors (Lipinski definition) is 7. The summed E-state index contributed by atoms with van der Waals surface area (Å²) in [6, 6.07) is 3.44. The van der Waals surface area contributed by atoms with Crippen LogP contribution in [0.5, 0.6) is 0 Å². The number of primary sulfonamides is 1. The van der Waals surface area contributed by atoms with Gasteiger partial charge in [0.05, 0.1) is 35.7 Å². The zero-order chi connectivity index (χ0) is 15.5. The molecule has 1 fully saturated rings. The molecule has 1 atom stereocenters. The van der Waals surface area contributed by atoms with Crippen molar-refractivity contribution in [1.82, 2.24) is 0 Å². The van der Waals surface area contributed by atoms with Crippen LogP contribution in [0, 0.1) is 10.1 Å². The zero-order valence-corrected chi connectivity index (χ0v) is 11.8. The zero-order valence-electron chi connectivity index (χ0n) is 11.0. The van der Waals surface area contributed by atoms with Crippen LogP contribution >= 0.6 is 0 Å². The molecule has 9 nitrogen and oxygen atoms in total. The van der Waals surface area contributed by atoms with Crippen LogP contribution in [0.25, 0.3) is 0 Å². The molecule has 0 aliphatic carbocycles. The van der Waals surface area contributed by atoms with Crippen molar-refractivity contribution >= 4 is 21.4 Å². The van der Waals surface area contributed by atoms with Gasteiger partial charge in [-0.05, 0) is 12.1 Å². The molecule has 0 aromatic heterocycles. The molecule has 0 amide bonds. The van der Waals surface area contributed by atoms with Crippen molar-refractivity contribution in [1.29, 1.82) is 0 Å². The maximum absolute atomic E-state index is 11.2. The van der Waals surface area contributed by atoms with Gasteiger partial charge in [-0.15, -0.1) is 0 Å². The van der Waals surface area contributed by atoms with E-state index in [1.54, 1.807) is 0 Å². The molecule has 0 radical (unpaired) electrons. The van der Waals surface area contributed by atoms with Crippen LogP contribution in [0.2, 0.25) is 0 Å². The van der Waals surface area contributed by atoms with Crippen molar-refractivity contribution in [3.63, 3.8) is 0 Å². The van der Waals surface area contributed by atoms with E-state index in [2.05, 4.69) is 5.32 Å². The van der Waals surface area contributed by atoms with Gasteiger partial charge >= 0.3 is 0 Å². The number of nitrogens with zero attached hydrogens (tertiary/aromatic N) is 1. The smallest absolute Gasteiger partial charge is 0.293 e. The summed E-state index contributed by atoms with van der Waals surface area (Å²) in [6.07, 6.45) is -0.212. The van der Waals surface area contributed by atoms with E-state index in [0.717, 1.165) is 6.07 Å². The molecule has 0 saturated carbocycles. The van der Waals surface area contributed by atoms with Gasteiger partial charge in [-0.1, -0.05) is 0 Å². The van der Waals surface area contributed by atoms with Gasteiger partial charge in [-0.3, -0.25) is 10.1 Å². The van der Waals surface area contributed by atoms with Crippen LogP contribution in [0.4, 0.5) is 11.4 Å². The third-order valence-corrected chi connectivity index (χ3v) is 3.81. The third-order valence-electron chi connectivity index (χ3n) is 2.90. The number of nitro benzene ring substituents is 1. The number of sulfonamides is 1. The summed E-state index contributed by atoms with van der Waals surface area (Å²) in [4.78, 5) is 10.0. The first kappa shape index (κ1) is 15.6. The second kappa shape index (κ2) is 6.35. The van der Waals surface area contributed by atoms with E-state index in [-0.39, 0.29) is 22.4 Å².